The monoisotopic (exact) mass is 509 g/mol. The van der Waals surface area contributed by atoms with Gasteiger partial charge in [-0.2, -0.15) is 0 Å². The number of halogens is 1. The highest BCUT2D eigenvalue weighted by Gasteiger charge is 2.21. The second kappa shape index (κ2) is 12.5. The normalized spacial score (nSPS) is 12.1. The third-order valence-electron chi connectivity index (χ3n) is 5.87. The number of carbonyl (C=O) groups is 2. The smallest absolute Gasteiger partial charge is 0.251 e. The fourth-order valence-electron chi connectivity index (χ4n) is 3.94. The molecule has 0 heterocycles. The highest BCUT2D eigenvalue weighted by Crippen LogP contribution is 2.27. The van der Waals surface area contributed by atoms with Crippen molar-refractivity contribution in [3.63, 3.8) is 0 Å². The number of hydrogen-bond acceptors (Lipinski definition) is 5. The largest absolute Gasteiger partial charge is 0.506 e. The lowest BCUT2D eigenvalue weighted by atomic mass is 9.93. The topological polar surface area (TPSA) is 111 Å². The van der Waals surface area contributed by atoms with E-state index >= 15 is 0 Å². The van der Waals surface area contributed by atoms with E-state index in [-0.39, 0.29) is 29.4 Å². The molecule has 0 aromatic heterocycles. The number of aliphatic hydroxyl groups is 1. The summed E-state index contributed by atoms with van der Waals surface area (Å²) in [6.07, 6.45) is 0.915. The molecule has 7 nitrogen and oxygen atoms in total. The Hall–Kier alpha value is -3.39. The van der Waals surface area contributed by atoms with Crippen LogP contribution in [0, 0.1) is 0 Å². The van der Waals surface area contributed by atoms with Gasteiger partial charge in [0, 0.05) is 29.2 Å². The predicted octanol–water partition coefficient (Wildman–Crippen LogP) is 4.23. The van der Waals surface area contributed by atoms with Gasteiger partial charge in [0.15, 0.2) is 0 Å². The Morgan fingerprint density at radius 1 is 1.08 bits per heavy atom. The third-order valence-corrected chi connectivity index (χ3v) is 6.24. The van der Waals surface area contributed by atoms with Gasteiger partial charge in [-0.25, -0.2) is 0 Å². The van der Waals surface area contributed by atoms with E-state index in [0.717, 1.165) is 11.1 Å². The molecule has 3 aromatic rings. The van der Waals surface area contributed by atoms with Crippen molar-refractivity contribution in [3.05, 3.63) is 94.0 Å². The molecule has 0 fully saturated rings. The SMILES string of the molecule is CC(C)(Cc1cccc(C(=O)NCCc2ccccc2Cl)c1)NC[C@@H](O)c1ccc(O)c(NC=O)c1. The minimum absolute atomic E-state index is 0.0703. The predicted molar refractivity (Wildman–Crippen MR) is 142 cm³/mol. The van der Waals surface area contributed by atoms with Gasteiger partial charge in [-0.1, -0.05) is 48.0 Å². The van der Waals surface area contributed by atoms with Crippen LogP contribution < -0.4 is 16.0 Å². The summed E-state index contributed by atoms with van der Waals surface area (Å²) in [5, 5.41) is 29.8. The first-order valence-corrected chi connectivity index (χ1v) is 12.1. The van der Waals surface area contributed by atoms with E-state index in [4.69, 9.17) is 11.6 Å². The lowest BCUT2D eigenvalue weighted by Crippen LogP contribution is -2.43. The number of β-amino-alcohol motifs (C(OH)–C–C–N with tert-alkyl or cyclic N) is 1. The van der Waals surface area contributed by atoms with Crippen LogP contribution in [0.1, 0.15) is 47.0 Å². The summed E-state index contributed by atoms with van der Waals surface area (Å²) in [6, 6.07) is 19.7. The Kier molecular flexibility index (Phi) is 9.47. The van der Waals surface area contributed by atoms with E-state index in [1.165, 1.54) is 12.1 Å². The average Bonchev–Trinajstić information content (AvgIpc) is 2.85. The summed E-state index contributed by atoms with van der Waals surface area (Å²) in [5.41, 5.74) is 3.00. The Morgan fingerprint density at radius 2 is 1.86 bits per heavy atom. The van der Waals surface area contributed by atoms with Crippen LogP contribution in [0.5, 0.6) is 5.75 Å². The summed E-state index contributed by atoms with van der Waals surface area (Å²) < 4.78 is 0. The van der Waals surface area contributed by atoms with E-state index in [2.05, 4.69) is 16.0 Å². The number of hydrogen-bond donors (Lipinski definition) is 5. The second-order valence-electron chi connectivity index (χ2n) is 9.29. The average molecular weight is 510 g/mol. The highest BCUT2D eigenvalue weighted by atomic mass is 35.5. The van der Waals surface area contributed by atoms with Gasteiger partial charge < -0.3 is 26.2 Å². The molecule has 1 atom stereocenters. The molecule has 0 unspecified atom stereocenters. The van der Waals surface area contributed by atoms with Gasteiger partial charge in [0.05, 0.1) is 11.8 Å². The molecule has 0 saturated carbocycles. The van der Waals surface area contributed by atoms with Crippen LogP contribution in [-0.2, 0) is 17.6 Å². The van der Waals surface area contributed by atoms with E-state index in [9.17, 15) is 19.8 Å². The number of nitrogens with one attached hydrogen (secondary N) is 3. The molecule has 5 N–H and O–H groups in total. The van der Waals surface area contributed by atoms with Crippen LogP contribution in [0.15, 0.2) is 66.7 Å². The van der Waals surface area contributed by atoms with Crippen molar-refractivity contribution in [1.29, 1.82) is 0 Å². The molecule has 2 amide bonds. The zero-order valence-electron chi connectivity index (χ0n) is 20.4. The molecule has 8 heteroatoms. The van der Waals surface area contributed by atoms with Crippen molar-refractivity contribution >= 4 is 29.6 Å². The number of amides is 2. The highest BCUT2D eigenvalue weighted by molar-refractivity contribution is 6.31. The summed E-state index contributed by atoms with van der Waals surface area (Å²) in [6.45, 7) is 4.79. The van der Waals surface area contributed by atoms with Crippen molar-refractivity contribution in [2.24, 2.45) is 0 Å². The molecule has 3 rings (SSSR count). The molecule has 190 valence electrons. The van der Waals surface area contributed by atoms with Crippen LogP contribution in [0.3, 0.4) is 0 Å². The Bertz CT molecular complexity index is 1200. The van der Waals surface area contributed by atoms with Gasteiger partial charge in [-0.15, -0.1) is 0 Å². The number of carbonyl (C=O) groups excluding carboxylic acids is 2. The molecule has 3 aromatic carbocycles. The van der Waals surface area contributed by atoms with Gasteiger partial charge in [0.25, 0.3) is 5.91 Å². The number of benzene rings is 3. The first-order valence-electron chi connectivity index (χ1n) is 11.8. The molecular formula is C28H32ClN3O4. The van der Waals surface area contributed by atoms with Gasteiger partial charge in [0.1, 0.15) is 5.75 Å². The second-order valence-corrected chi connectivity index (χ2v) is 9.70. The Morgan fingerprint density at radius 3 is 2.61 bits per heavy atom. The molecule has 0 aliphatic heterocycles. The molecule has 0 spiro atoms. The van der Waals surface area contributed by atoms with Crippen molar-refractivity contribution in [1.82, 2.24) is 10.6 Å². The number of aromatic hydroxyl groups is 1. The number of anilines is 1. The Labute approximate surface area is 216 Å². The number of phenols is 1. The van der Waals surface area contributed by atoms with E-state index in [0.29, 0.717) is 41.9 Å². The maximum absolute atomic E-state index is 12.7. The van der Waals surface area contributed by atoms with E-state index in [1.54, 1.807) is 12.1 Å². The van der Waals surface area contributed by atoms with Crippen LogP contribution in [0.2, 0.25) is 5.02 Å². The Balaban J connectivity index is 1.54. The fraction of sp³-hybridized carbons (Fsp3) is 0.286. The number of phenolic OH excluding ortho intramolecular Hbond substituents is 1. The first-order chi connectivity index (χ1) is 17.2. The number of aliphatic hydroxyl groups excluding tert-OH is 1. The van der Waals surface area contributed by atoms with Gasteiger partial charge >= 0.3 is 0 Å². The minimum Gasteiger partial charge on any atom is -0.506 e. The van der Waals surface area contributed by atoms with Crippen LogP contribution in [0.25, 0.3) is 0 Å². The summed E-state index contributed by atoms with van der Waals surface area (Å²) in [5.74, 6) is -0.212. The van der Waals surface area contributed by atoms with E-state index < -0.39 is 6.10 Å². The molecular weight excluding hydrogens is 478 g/mol. The van der Waals surface area contributed by atoms with Crippen LogP contribution in [-0.4, -0.2) is 41.2 Å². The maximum atomic E-state index is 12.7. The first kappa shape index (κ1) is 27.2. The van der Waals surface area contributed by atoms with Gasteiger partial charge in [0.2, 0.25) is 6.41 Å². The van der Waals surface area contributed by atoms with Crippen molar-refractivity contribution in [2.45, 2.75) is 38.3 Å². The minimum atomic E-state index is -0.840. The van der Waals surface area contributed by atoms with Gasteiger partial charge in [-0.05, 0) is 73.7 Å². The summed E-state index contributed by atoms with van der Waals surface area (Å²) >= 11 is 6.18. The molecule has 0 aliphatic rings. The quantitative estimate of drug-likeness (QED) is 0.185. The van der Waals surface area contributed by atoms with Crippen molar-refractivity contribution in [2.75, 3.05) is 18.4 Å². The lowest BCUT2D eigenvalue weighted by molar-refractivity contribution is -0.105. The molecule has 36 heavy (non-hydrogen) atoms. The maximum Gasteiger partial charge on any atom is 0.251 e. The molecule has 0 bridgehead atoms. The zero-order valence-corrected chi connectivity index (χ0v) is 21.2. The third kappa shape index (κ3) is 7.81. The lowest BCUT2D eigenvalue weighted by Gasteiger charge is -2.28. The van der Waals surface area contributed by atoms with Crippen molar-refractivity contribution in [3.8, 4) is 5.75 Å². The molecule has 0 radical (unpaired) electrons. The molecule has 0 saturated heterocycles. The van der Waals surface area contributed by atoms with Crippen molar-refractivity contribution < 1.29 is 19.8 Å². The number of rotatable bonds is 12. The molecule has 0 aliphatic carbocycles. The summed E-state index contributed by atoms with van der Waals surface area (Å²) in [7, 11) is 0. The van der Waals surface area contributed by atoms with Crippen LogP contribution >= 0.6 is 11.6 Å². The van der Waals surface area contributed by atoms with E-state index in [1.807, 2.05) is 56.3 Å². The fourth-order valence-corrected chi connectivity index (χ4v) is 4.17. The zero-order chi connectivity index (χ0) is 26.1. The van der Waals surface area contributed by atoms with Gasteiger partial charge in [-0.3, -0.25) is 9.59 Å². The van der Waals surface area contributed by atoms with Crippen LogP contribution in [0.4, 0.5) is 5.69 Å². The standard InChI is InChI=1S/C28H32ClN3O4/c1-28(2,32-17-26(35)21-10-11-25(34)24(15-21)31-18-33)16-19-6-5-8-22(14-19)27(36)30-13-12-20-7-3-4-9-23(20)29/h3-11,14-15,18,26,32,34-35H,12-13,16-17H2,1-2H3,(H,30,36)(H,31,33)/t26-/m1/s1. The summed E-state index contributed by atoms with van der Waals surface area (Å²) in [4.78, 5) is 23.4.